The average molecular weight is 463 g/mol. The van der Waals surface area contributed by atoms with E-state index < -0.39 is 6.09 Å². The molecule has 0 bridgehead atoms. The molecule has 3 aromatic heterocycles. The summed E-state index contributed by atoms with van der Waals surface area (Å²) in [6.45, 7) is 1.14. The van der Waals surface area contributed by atoms with Gasteiger partial charge < -0.3 is 30.0 Å². The molecule has 5 rings (SSSR count). The number of hydrogen-bond donors (Lipinski definition) is 4. The van der Waals surface area contributed by atoms with Crippen molar-refractivity contribution in [3.8, 4) is 11.3 Å². The Balaban J connectivity index is 1.54. The number of hydrogen-bond acceptors (Lipinski definition) is 5. The van der Waals surface area contributed by atoms with Crippen LogP contribution in [0, 0.1) is 11.8 Å². The highest BCUT2D eigenvalue weighted by Gasteiger charge is 2.31. The Hall–Kier alpha value is -3.59. The van der Waals surface area contributed by atoms with E-state index in [0.717, 1.165) is 57.5 Å². The fraction of sp³-hybridized carbons (Fsp3) is 0.400. The van der Waals surface area contributed by atoms with E-state index in [-0.39, 0.29) is 12.5 Å². The third-order valence-electron chi connectivity index (χ3n) is 7.13. The van der Waals surface area contributed by atoms with Crippen molar-refractivity contribution >= 4 is 34.0 Å². The molecule has 1 fully saturated rings. The van der Waals surface area contributed by atoms with Gasteiger partial charge in [0.1, 0.15) is 11.2 Å². The van der Waals surface area contributed by atoms with Crippen molar-refractivity contribution in [1.82, 2.24) is 24.4 Å². The van der Waals surface area contributed by atoms with Crippen molar-refractivity contribution in [2.75, 3.05) is 32.1 Å². The van der Waals surface area contributed by atoms with E-state index in [0.29, 0.717) is 25.4 Å². The number of pyridine rings is 1. The van der Waals surface area contributed by atoms with Crippen LogP contribution in [0.15, 0.2) is 36.7 Å². The topological polar surface area (TPSA) is 119 Å². The molecule has 2 unspecified atom stereocenters. The predicted octanol–water partition coefficient (Wildman–Crippen LogP) is 3.70. The molecule has 1 aromatic carbocycles. The molecule has 0 saturated carbocycles. The number of aliphatic hydroxyl groups excluding tert-OH is 1. The number of nitrogens with zero attached hydrogens (tertiary/aromatic N) is 4. The highest BCUT2D eigenvalue weighted by molar-refractivity contribution is 6.07. The van der Waals surface area contributed by atoms with Gasteiger partial charge in [0.2, 0.25) is 0 Å². The first-order valence-corrected chi connectivity index (χ1v) is 11.7. The second kappa shape index (κ2) is 8.98. The maximum Gasteiger partial charge on any atom is 0.407 e. The van der Waals surface area contributed by atoms with Gasteiger partial charge in [-0.25, -0.2) is 14.8 Å². The Morgan fingerprint density at radius 1 is 1.29 bits per heavy atom. The van der Waals surface area contributed by atoms with Crippen molar-refractivity contribution in [2.45, 2.75) is 19.3 Å². The maximum absolute atomic E-state index is 11.6. The molecule has 9 heteroatoms. The normalized spacial score (nSPS) is 18.6. The van der Waals surface area contributed by atoms with Crippen molar-refractivity contribution < 1.29 is 15.0 Å². The van der Waals surface area contributed by atoms with E-state index in [1.807, 2.05) is 30.8 Å². The maximum atomic E-state index is 11.6. The fourth-order valence-electron chi connectivity index (χ4n) is 5.39. The van der Waals surface area contributed by atoms with Crippen LogP contribution in [-0.2, 0) is 13.5 Å². The van der Waals surface area contributed by atoms with Crippen LogP contribution in [0.25, 0.3) is 33.3 Å². The summed E-state index contributed by atoms with van der Waals surface area (Å²) in [5.41, 5.74) is 5.85. The molecule has 4 aromatic rings. The standard InChI is InChI=1S/C25H30N6O3/c1-26-24-21-22(30(2)14-27-21)19-12-20(28-23(19)29-24)18-6-4-3-5-16(18)11-17-13-31(25(33)34)9-7-15(17)8-10-32/h3-6,12,14-15,17,32H,7-11,13H2,1-2H3,(H,33,34)(H2,26,28,29). The molecule has 4 N–H and O–H groups in total. The van der Waals surface area contributed by atoms with Crippen LogP contribution in [0.3, 0.4) is 0 Å². The monoisotopic (exact) mass is 462 g/mol. The third kappa shape index (κ3) is 3.86. The highest BCUT2D eigenvalue weighted by atomic mass is 16.4. The Morgan fingerprint density at radius 3 is 2.88 bits per heavy atom. The van der Waals surface area contributed by atoms with Crippen LogP contribution in [0.5, 0.6) is 0 Å². The van der Waals surface area contributed by atoms with Gasteiger partial charge in [-0.3, -0.25) is 0 Å². The minimum absolute atomic E-state index is 0.123. The van der Waals surface area contributed by atoms with Gasteiger partial charge in [0.25, 0.3) is 0 Å². The number of carboxylic acid groups (broad SMARTS) is 1. The molecule has 1 aliphatic rings. The largest absolute Gasteiger partial charge is 0.465 e. The van der Waals surface area contributed by atoms with Crippen LogP contribution >= 0.6 is 0 Å². The molecule has 1 amide bonds. The van der Waals surface area contributed by atoms with Gasteiger partial charge in [0, 0.05) is 50.4 Å². The van der Waals surface area contributed by atoms with E-state index in [4.69, 9.17) is 4.98 Å². The van der Waals surface area contributed by atoms with Gasteiger partial charge in [0.05, 0.1) is 11.8 Å². The summed E-state index contributed by atoms with van der Waals surface area (Å²) < 4.78 is 2.01. The number of piperidine rings is 1. The smallest absolute Gasteiger partial charge is 0.407 e. The number of amides is 1. The van der Waals surface area contributed by atoms with Gasteiger partial charge in [-0.15, -0.1) is 0 Å². The summed E-state index contributed by atoms with van der Waals surface area (Å²) in [6, 6.07) is 10.4. The highest BCUT2D eigenvalue weighted by Crippen LogP contribution is 2.35. The molecular weight excluding hydrogens is 432 g/mol. The molecule has 0 spiro atoms. The lowest BCUT2D eigenvalue weighted by Crippen LogP contribution is -2.44. The van der Waals surface area contributed by atoms with Gasteiger partial charge in [-0.1, -0.05) is 24.3 Å². The zero-order valence-electron chi connectivity index (χ0n) is 19.5. The van der Waals surface area contributed by atoms with Crippen molar-refractivity contribution in [1.29, 1.82) is 0 Å². The Labute approximate surface area is 197 Å². The number of aryl methyl sites for hydroxylation is 1. The first kappa shape index (κ1) is 22.2. The third-order valence-corrected chi connectivity index (χ3v) is 7.13. The van der Waals surface area contributed by atoms with E-state index in [2.05, 4.69) is 33.5 Å². The summed E-state index contributed by atoms with van der Waals surface area (Å²) in [4.78, 5) is 25.9. The lowest BCUT2D eigenvalue weighted by atomic mass is 9.79. The number of aromatic nitrogens is 4. The molecule has 1 saturated heterocycles. The SMILES string of the molecule is CNc1nc2[nH]c(-c3ccccc3CC3CN(C(=O)O)CCC3CCO)cc2c2c1ncn2C. The van der Waals surface area contributed by atoms with E-state index >= 15 is 0 Å². The number of imidazole rings is 1. The Kier molecular flexibility index (Phi) is 5.87. The quantitative estimate of drug-likeness (QED) is 0.347. The second-order valence-corrected chi connectivity index (χ2v) is 9.12. The van der Waals surface area contributed by atoms with Crippen LogP contribution in [0.4, 0.5) is 10.6 Å². The molecule has 4 heterocycles. The minimum atomic E-state index is -0.872. The van der Waals surface area contributed by atoms with Crippen molar-refractivity contribution in [3.05, 3.63) is 42.2 Å². The number of carbonyl (C=O) groups is 1. The number of likely N-dealkylation sites (tertiary alicyclic amines) is 1. The number of benzene rings is 1. The minimum Gasteiger partial charge on any atom is -0.465 e. The van der Waals surface area contributed by atoms with E-state index in [9.17, 15) is 15.0 Å². The molecular formula is C25H30N6O3. The number of anilines is 1. The summed E-state index contributed by atoms with van der Waals surface area (Å²) in [6.07, 6.45) is 3.15. The molecule has 34 heavy (non-hydrogen) atoms. The van der Waals surface area contributed by atoms with Crippen molar-refractivity contribution in [2.24, 2.45) is 18.9 Å². The molecule has 0 aliphatic carbocycles. The fourth-order valence-corrected chi connectivity index (χ4v) is 5.39. The van der Waals surface area contributed by atoms with Gasteiger partial charge in [0.15, 0.2) is 5.82 Å². The summed E-state index contributed by atoms with van der Waals surface area (Å²) in [5.74, 6) is 1.18. The first-order chi connectivity index (χ1) is 16.5. The molecule has 178 valence electrons. The van der Waals surface area contributed by atoms with Crippen LogP contribution in [-0.4, -0.2) is 67.5 Å². The zero-order chi connectivity index (χ0) is 23.8. The zero-order valence-corrected chi connectivity index (χ0v) is 19.5. The number of aromatic amines is 1. The average Bonchev–Trinajstić information content (AvgIpc) is 3.43. The Morgan fingerprint density at radius 2 is 2.12 bits per heavy atom. The number of H-pyrrole nitrogens is 1. The lowest BCUT2D eigenvalue weighted by molar-refractivity contribution is 0.0860. The predicted molar refractivity (Wildman–Crippen MR) is 132 cm³/mol. The molecule has 0 radical (unpaired) electrons. The summed E-state index contributed by atoms with van der Waals surface area (Å²) >= 11 is 0. The Bertz CT molecular complexity index is 1340. The van der Waals surface area contributed by atoms with Crippen LogP contribution in [0.2, 0.25) is 0 Å². The van der Waals surface area contributed by atoms with E-state index in [1.165, 1.54) is 4.90 Å². The summed E-state index contributed by atoms with van der Waals surface area (Å²) in [5, 5.41) is 23.3. The molecule has 9 nitrogen and oxygen atoms in total. The van der Waals surface area contributed by atoms with Crippen molar-refractivity contribution in [3.63, 3.8) is 0 Å². The van der Waals surface area contributed by atoms with E-state index in [1.54, 1.807) is 6.33 Å². The second-order valence-electron chi connectivity index (χ2n) is 9.12. The number of aliphatic hydroxyl groups is 1. The van der Waals surface area contributed by atoms with Gasteiger partial charge >= 0.3 is 6.09 Å². The molecule has 2 atom stereocenters. The van der Waals surface area contributed by atoms with Crippen LogP contribution < -0.4 is 5.32 Å². The molecule has 1 aliphatic heterocycles. The number of rotatable bonds is 6. The summed E-state index contributed by atoms with van der Waals surface area (Å²) in [7, 11) is 3.82. The lowest BCUT2D eigenvalue weighted by Gasteiger charge is -2.37. The van der Waals surface area contributed by atoms with Gasteiger partial charge in [-0.05, 0) is 42.7 Å². The number of nitrogens with one attached hydrogen (secondary N) is 2. The van der Waals surface area contributed by atoms with Crippen LogP contribution in [0.1, 0.15) is 18.4 Å². The first-order valence-electron chi connectivity index (χ1n) is 11.7. The van der Waals surface area contributed by atoms with Gasteiger partial charge in [-0.2, -0.15) is 0 Å². The number of fused-ring (bicyclic) bond motifs is 3.